The van der Waals surface area contributed by atoms with Gasteiger partial charge in [-0.05, 0) is 91.7 Å². The highest BCUT2D eigenvalue weighted by molar-refractivity contribution is 8.04. The number of carbonyl (C=O) groups excluding carboxylic acids is 3. The van der Waals surface area contributed by atoms with Crippen LogP contribution < -0.4 is 15.5 Å². The number of aryl methyl sites for hydroxylation is 2. The zero-order chi connectivity index (χ0) is 30.0. The number of hydrogen-bond donors (Lipinski definition) is 2. The van der Waals surface area contributed by atoms with Gasteiger partial charge in [-0.25, -0.2) is 9.29 Å². The second-order valence-corrected chi connectivity index (χ2v) is 10.5. The molecule has 1 aliphatic rings. The minimum absolute atomic E-state index is 0.0675. The van der Waals surface area contributed by atoms with Gasteiger partial charge in [0.15, 0.2) is 0 Å². The van der Waals surface area contributed by atoms with Gasteiger partial charge in [-0.1, -0.05) is 23.9 Å². The molecule has 0 fully saturated rings. The fourth-order valence-corrected chi connectivity index (χ4v) is 5.18. The molecule has 0 saturated carbocycles. The highest BCUT2D eigenvalue weighted by atomic mass is 32.2. The number of hydrogen-bond acceptors (Lipinski definition) is 7. The monoisotopic (exact) mass is 582 g/mol. The zero-order valence-electron chi connectivity index (χ0n) is 22.4. The fraction of sp³-hybridized carbons (Fsp3) is 0.0645. The van der Waals surface area contributed by atoms with E-state index >= 15 is 0 Å². The molecule has 2 N–H and O–H groups in total. The average molecular weight is 583 g/mol. The van der Waals surface area contributed by atoms with Crippen LogP contribution in [0.3, 0.4) is 0 Å². The number of nitrogens with one attached hydrogen (secondary N) is 2. The Hall–Kier alpha value is -5.29. The molecular formula is C31H23FN4O5S. The summed E-state index contributed by atoms with van der Waals surface area (Å²) in [5, 5.41) is 16.7. The van der Waals surface area contributed by atoms with Crippen molar-refractivity contribution in [1.82, 2.24) is 0 Å². The maximum absolute atomic E-state index is 13.6. The van der Waals surface area contributed by atoms with E-state index in [-0.39, 0.29) is 27.5 Å². The molecule has 1 heterocycles. The predicted molar refractivity (Wildman–Crippen MR) is 159 cm³/mol. The number of non-ortho nitro benzene ring substituents is 1. The third-order valence-corrected chi connectivity index (χ3v) is 7.63. The fourth-order valence-electron chi connectivity index (χ4n) is 4.20. The number of nitro benzene ring substituents is 1. The molecule has 0 bridgehead atoms. The SMILES string of the molecule is Cc1ccc(NC2=C(Sc3cccc(NC(=O)c4ccc([N+](=O)[O-])cc4)c3)C(=O)N(c3ccc(F)cc3)C2=O)cc1C. The molecule has 0 saturated heterocycles. The summed E-state index contributed by atoms with van der Waals surface area (Å²) in [6.07, 6.45) is 0. The molecule has 3 amide bonds. The molecule has 11 heteroatoms. The molecule has 1 aliphatic heterocycles. The summed E-state index contributed by atoms with van der Waals surface area (Å²) in [6.45, 7) is 3.90. The van der Waals surface area contributed by atoms with Crippen LogP contribution in [0.25, 0.3) is 0 Å². The molecule has 5 rings (SSSR count). The molecule has 0 unspecified atom stereocenters. The molecule has 4 aromatic rings. The standard InChI is InChI=1S/C31H23FN4O5S/c1-18-6-11-23(16-19(18)2)33-27-28(31(39)35(30(27)38)24-14-9-21(32)10-15-24)42-26-5-3-4-22(17-26)34-29(37)20-7-12-25(13-8-20)36(40)41/h3-17,33H,1-2H3,(H,34,37). The Morgan fingerprint density at radius 2 is 1.57 bits per heavy atom. The number of amides is 3. The van der Waals surface area contributed by atoms with Crippen molar-refractivity contribution < 1.29 is 23.7 Å². The largest absolute Gasteiger partial charge is 0.350 e. The van der Waals surface area contributed by atoms with E-state index in [1.807, 2.05) is 32.0 Å². The van der Waals surface area contributed by atoms with Crippen molar-refractivity contribution in [3.05, 3.63) is 134 Å². The number of halogens is 1. The molecule has 0 atom stereocenters. The number of benzene rings is 4. The van der Waals surface area contributed by atoms with Crippen molar-refractivity contribution in [1.29, 1.82) is 0 Å². The maximum Gasteiger partial charge on any atom is 0.283 e. The van der Waals surface area contributed by atoms with Crippen LogP contribution in [0.4, 0.5) is 27.1 Å². The van der Waals surface area contributed by atoms with Crippen LogP contribution in [-0.2, 0) is 9.59 Å². The number of anilines is 3. The van der Waals surface area contributed by atoms with Crippen molar-refractivity contribution in [3.8, 4) is 0 Å². The van der Waals surface area contributed by atoms with Gasteiger partial charge >= 0.3 is 0 Å². The van der Waals surface area contributed by atoms with E-state index in [1.54, 1.807) is 24.3 Å². The summed E-state index contributed by atoms with van der Waals surface area (Å²) in [4.78, 5) is 52.0. The first kappa shape index (κ1) is 28.2. The summed E-state index contributed by atoms with van der Waals surface area (Å²) in [7, 11) is 0. The molecule has 0 aromatic heterocycles. The smallest absolute Gasteiger partial charge is 0.283 e. The first-order valence-corrected chi connectivity index (χ1v) is 13.5. The molecule has 4 aromatic carbocycles. The van der Waals surface area contributed by atoms with Gasteiger partial charge in [-0.2, -0.15) is 0 Å². The van der Waals surface area contributed by atoms with Gasteiger partial charge in [-0.3, -0.25) is 24.5 Å². The van der Waals surface area contributed by atoms with E-state index in [2.05, 4.69) is 10.6 Å². The number of rotatable bonds is 8. The van der Waals surface area contributed by atoms with Gasteiger partial charge in [0.1, 0.15) is 16.4 Å². The predicted octanol–water partition coefficient (Wildman–Crippen LogP) is 6.59. The molecule has 0 radical (unpaired) electrons. The Balaban J connectivity index is 1.44. The number of imide groups is 1. The van der Waals surface area contributed by atoms with Crippen molar-refractivity contribution in [2.24, 2.45) is 0 Å². The van der Waals surface area contributed by atoms with Crippen molar-refractivity contribution >= 4 is 52.2 Å². The van der Waals surface area contributed by atoms with Crippen molar-refractivity contribution in [2.75, 3.05) is 15.5 Å². The molecular weight excluding hydrogens is 559 g/mol. The topological polar surface area (TPSA) is 122 Å². The van der Waals surface area contributed by atoms with E-state index in [9.17, 15) is 28.9 Å². The first-order valence-electron chi connectivity index (χ1n) is 12.7. The highest BCUT2D eigenvalue weighted by Gasteiger charge is 2.40. The van der Waals surface area contributed by atoms with Gasteiger partial charge in [0.05, 0.1) is 10.6 Å². The lowest BCUT2D eigenvalue weighted by atomic mass is 10.1. The summed E-state index contributed by atoms with van der Waals surface area (Å²) in [6, 6.07) is 22.6. The van der Waals surface area contributed by atoms with Crippen LogP contribution in [0.15, 0.2) is 106 Å². The van der Waals surface area contributed by atoms with Gasteiger partial charge in [-0.15, -0.1) is 0 Å². The van der Waals surface area contributed by atoms with Crippen LogP contribution >= 0.6 is 11.8 Å². The third-order valence-electron chi connectivity index (χ3n) is 6.55. The van der Waals surface area contributed by atoms with Gasteiger partial charge < -0.3 is 10.6 Å². The van der Waals surface area contributed by atoms with Crippen LogP contribution in [0.5, 0.6) is 0 Å². The Bertz CT molecular complexity index is 1770. The van der Waals surface area contributed by atoms with Gasteiger partial charge in [0.25, 0.3) is 23.4 Å². The number of carbonyl (C=O) groups is 3. The Kier molecular flexibility index (Phi) is 7.85. The van der Waals surface area contributed by atoms with Crippen molar-refractivity contribution in [3.63, 3.8) is 0 Å². The van der Waals surface area contributed by atoms with Crippen LogP contribution in [0, 0.1) is 29.8 Å². The summed E-state index contributed by atoms with van der Waals surface area (Å²) in [5.74, 6) is -2.14. The Morgan fingerprint density at radius 1 is 0.857 bits per heavy atom. The lowest BCUT2D eigenvalue weighted by Gasteiger charge is -2.15. The summed E-state index contributed by atoms with van der Waals surface area (Å²) in [5.41, 5.74) is 3.50. The third kappa shape index (κ3) is 5.91. The van der Waals surface area contributed by atoms with Crippen LogP contribution in [0.1, 0.15) is 21.5 Å². The minimum atomic E-state index is -0.588. The Labute approximate surface area is 244 Å². The second kappa shape index (κ2) is 11.7. The van der Waals surface area contributed by atoms with E-state index in [0.717, 1.165) is 27.8 Å². The normalized spacial score (nSPS) is 13.0. The van der Waals surface area contributed by atoms with E-state index in [4.69, 9.17) is 0 Å². The average Bonchev–Trinajstić information content (AvgIpc) is 3.19. The van der Waals surface area contributed by atoms with Crippen LogP contribution in [0.2, 0.25) is 0 Å². The van der Waals surface area contributed by atoms with E-state index in [1.165, 1.54) is 48.5 Å². The highest BCUT2D eigenvalue weighted by Crippen LogP contribution is 2.38. The van der Waals surface area contributed by atoms with Crippen molar-refractivity contribution in [2.45, 2.75) is 18.7 Å². The minimum Gasteiger partial charge on any atom is -0.350 e. The number of thioether (sulfide) groups is 1. The van der Waals surface area contributed by atoms with Gasteiger partial charge in [0.2, 0.25) is 0 Å². The lowest BCUT2D eigenvalue weighted by Crippen LogP contribution is -2.32. The van der Waals surface area contributed by atoms with Gasteiger partial charge in [0, 0.05) is 34.0 Å². The molecule has 42 heavy (non-hydrogen) atoms. The molecule has 210 valence electrons. The first-order chi connectivity index (χ1) is 20.1. The molecule has 9 nitrogen and oxygen atoms in total. The number of nitrogens with zero attached hydrogens (tertiary/aromatic N) is 2. The second-order valence-electron chi connectivity index (χ2n) is 9.44. The molecule has 0 aliphatic carbocycles. The summed E-state index contributed by atoms with van der Waals surface area (Å²) >= 11 is 1.05. The number of nitro groups is 1. The quantitative estimate of drug-likeness (QED) is 0.137. The maximum atomic E-state index is 13.6. The lowest BCUT2D eigenvalue weighted by molar-refractivity contribution is -0.384. The molecule has 0 spiro atoms. The van der Waals surface area contributed by atoms with E-state index in [0.29, 0.717) is 16.3 Å². The summed E-state index contributed by atoms with van der Waals surface area (Å²) < 4.78 is 13.6. The van der Waals surface area contributed by atoms with E-state index < -0.39 is 28.5 Å². The Morgan fingerprint density at radius 3 is 2.24 bits per heavy atom. The zero-order valence-corrected chi connectivity index (χ0v) is 23.2. The van der Waals surface area contributed by atoms with Crippen LogP contribution in [-0.4, -0.2) is 22.6 Å².